The van der Waals surface area contributed by atoms with Crippen molar-refractivity contribution < 1.29 is 8.91 Å². The minimum atomic E-state index is -0.283. The van der Waals surface area contributed by atoms with Crippen LogP contribution in [0, 0.1) is 17.7 Å². The molecular weight excluding hydrogens is 391 g/mol. The number of hydrogen-bond acceptors (Lipinski definition) is 8. The van der Waals surface area contributed by atoms with Gasteiger partial charge in [-0.05, 0) is 17.9 Å². The molecule has 4 aromatic rings. The van der Waals surface area contributed by atoms with E-state index < -0.39 is 0 Å². The fourth-order valence-corrected chi connectivity index (χ4v) is 4.46. The third-order valence-corrected chi connectivity index (χ3v) is 6.01. The van der Waals surface area contributed by atoms with Crippen molar-refractivity contribution in [3.05, 3.63) is 58.9 Å². The number of hydrogen-bond donors (Lipinski definition) is 0. The van der Waals surface area contributed by atoms with Gasteiger partial charge in [-0.3, -0.25) is 9.36 Å². The summed E-state index contributed by atoms with van der Waals surface area (Å²) in [5, 5.41) is 4.13. The minimum Gasteiger partial charge on any atom is -0.356 e. The van der Waals surface area contributed by atoms with E-state index in [2.05, 4.69) is 30.0 Å². The van der Waals surface area contributed by atoms with E-state index in [9.17, 15) is 9.18 Å². The predicted octanol–water partition coefficient (Wildman–Crippen LogP) is 0.945. The van der Waals surface area contributed by atoms with Crippen LogP contribution in [0.25, 0.3) is 11.2 Å². The number of rotatable bonds is 4. The molecule has 1 aliphatic heterocycles. The minimum absolute atomic E-state index is 0.154. The molecule has 0 N–H and O–H groups in total. The molecule has 10 nitrogen and oxygen atoms in total. The van der Waals surface area contributed by atoms with Gasteiger partial charge in [0, 0.05) is 38.3 Å². The quantitative estimate of drug-likeness (QED) is 0.491. The van der Waals surface area contributed by atoms with Gasteiger partial charge in [-0.15, -0.1) is 0 Å². The molecule has 11 heteroatoms. The standard InChI is InChI=1S/C19H17FN8O2/c1-26-8-22-18-16(26)19(29)28(9-23-18)7-14-24-17(25-30-14)15-11-5-27(6-12(11)15)13-4-10(20)2-3-21-13/h2-4,8-9,11-12,15H,5-7H2,1H3/t11-,12+,15?. The Morgan fingerprint density at radius 1 is 1.20 bits per heavy atom. The van der Waals surface area contributed by atoms with E-state index in [4.69, 9.17) is 4.52 Å². The number of pyridine rings is 1. The Hall–Kier alpha value is -3.63. The monoisotopic (exact) mass is 408 g/mol. The van der Waals surface area contributed by atoms with E-state index >= 15 is 0 Å². The summed E-state index contributed by atoms with van der Waals surface area (Å²) in [5.41, 5.74) is 0.634. The first-order valence-corrected chi connectivity index (χ1v) is 9.64. The Morgan fingerprint density at radius 3 is 2.80 bits per heavy atom. The maximum absolute atomic E-state index is 13.4. The van der Waals surface area contributed by atoms with Gasteiger partial charge in [0.15, 0.2) is 17.0 Å². The number of piperidine rings is 1. The molecule has 1 unspecified atom stereocenters. The van der Waals surface area contributed by atoms with Gasteiger partial charge in [-0.25, -0.2) is 19.3 Å². The highest BCUT2D eigenvalue weighted by atomic mass is 19.1. The zero-order valence-corrected chi connectivity index (χ0v) is 16.0. The molecule has 0 bridgehead atoms. The fraction of sp³-hybridized carbons (Fsp3) is 0.368. The number of imidazole rings is 1. The van der Waals surface area contributed by atoms with Crippen molar-refractivity contribution in [1.82, 2.24) is 34.2 Å². The van der Waals surface area contributed by atoms with E-state index in [1.807, 2.05) is 0 Å². The number of aromatic nitrogens is 7. The Bertz CT molecular complexity index is 1320. The van der Waals surface area contributed by atoms with Crippen LogP contribution in [0.2, 0.25) is 0 Å². The molecule has 0 aromatic carbocycles. The summed E-state index contributed by atoms with van der Waals surface area (Å²) in [5.74, 6) is 2.42. The second kappa shape index (κ2) is 6.18. The van der Waals surface area contributed by atoms with E-state index in [1.54, 1.807) is 17.9 Å². The van der Waals surface area contributed by atoms with Crippen LogP contribution in [0.5, 0.6) is 0 Å². The first-order chi connectivity index (χ1) is 14.6. The van der Waals surface area contributed by atoms with Crippen LogP contribution in [-0.2, 0) is 13.6 Å². The molecule has 0 spiro atoms. The van der Waals surface area contributed by atoms with Crippen molar-refractivity contribution in [2.75, 3.05) is 18.0 Å². The van der Waals surface area contributed by atoms with Crippen LogP contribution in [0.1, 0.15) is 17.6 Å². The van der Waals surface area contributed by atoms with Crippen LogP contribution < -0.4 is 10.5 Å². The van der Waals surface area contributed by atoms with Gasteiger partial charge in [0.25, 0.3) is 5.56 Å². The molecule has 1 saturated heterocycles. The second-order valence-electron chi connectivity index (χ2n) is 7.84. The molecule has 2 aliphatic rings. The lowest BCUT2D eigenvalue weighted by Crippen LogP contribution is -2.24. The van der Waals surface area contributed by atoms with Gasteiger partial charge in [0.05, 0.1) is 6.33 Å². The van der Waals surface area contributed by atoms with Crippen LogP contribution in [0.3, 0.4) is 0 Å². The summed E-state index contributed by atoms with van der Waals surface area (Å²) in [7, 11) is 1.75. The van der Waals surface area contributed by atoms with Crippen molar-refractivity contribution in [3.8, 4) is 0 Å². The van der Waals surface area contributed by atoms with Gasteiger partial charge in [-0.1, -0.05) is 5.16 Å². The zero-order valence-electron chi connectivity index (χ0n) is 16.0. The van der Waals surface area contributed by atoms with Crippen molar-refractivity contribution in [2.24, 2.45) is 18.9 Å². The van der Waals surface area contributed by atoms with E-state index in [-0.39, 0.29) is 23.8 Å². The van der Waals surface area contributed by atoms with Gasteiger partial charge < -0.3 is 14.0 Å². The Kier molecular flexibility index (Phi) is 3.55. The first kappa shape index (κ1) is 17.2. The first-order valence-electron chi connectivity index (χ1n) is 9.64. The van der Waals surface area contributed by atoms with Gasteiger partial charge in [0.1, 0.15) is 24.5 Å². The SMILES string of the molecule is Cn1cnc2ncn(Cc3nc(C4[C@H]5CN(c6cc(F)ccn6)C[C@@H]45)no3)c(=O)c21. The maximum atomic E-state index is 13.4. The summed E-state index contributed by atoms with van der Waals surface area (Å²) in [6.45, 7) is 1.73. The molecule has 5 heterocycles. The molecule has 152 valence electrons. The van der Waals surface area contributed by atoms with Crippen LogP contribution in [-0.4, -0.2) is 47.3 Å². The number of aryl methyl sites for hydroxylation is 1. The molecule has 1 saturated carbocycles. The van der Waals surface area contributed by atoms with Crippen molar-refractivity contribution >= 4 is 17.0 Å². The molecule has 6 rings (SSSR count). The van der Waals surface area contributed by atoms with E-state index in [1.165, 1.54) is 29.2 Å². The van der Waals surface area contributed by atoms with Crippen molar-refractivity contribution in [1.29, 1.82) is 0 Å². The highest BCUT2D eigenvalue weighted by Gasteiger charge is 2.58. The summed E-state index contributed by atoms with van der Waals surface area (Å²) < 4.78 is 21.9. The van der Waals surface area contributed by atoms with Gasteiger partial charge in [0.2, 0.25) is 5.89 Å². The average Bonchev–Trinajstić information content (AvgIpc) is 3.16. The van der Waals surface area contributed by atoms with Crippen molar-refractivity contribution in [3.63, 3.8) is 0 Å². The van der Waals surface area contributed by atoms with Crippen LogP contribution in [0.4, 0.5) is 10.2 Å². The lowest BCUT2D eigenvalue weighted by atomic mass is 10.2. The molecule has 1 aliphatic carbocycles. The number of anilines is 1. The number of halogens is 1. The Balaban J connectivity index is 1.17. The number of nitrogens with zero attached hydrogens (tertiary/aromatic N) is 8. The van der Waals surface area contributed by atoms with Gasteiger partial charge in [-0.2, -0.15) is 4.98 Å². The molecule has 4 aromatic heterocycles. The normalized spacial score (nSPS) is 22.6. The van der Waals surface area contributed by atoms with Crippen LogP contribution >= 0.6 is 0 Å². The molecule has 2 fully saturated rings. The highest BCUT2D eigenvalue weighted by molar-refractivity contribution is 5.68. The summed E-state index contributed by atoms with van der Waals surface area (Å²) in [6, 6.07) is 2.80. The van der Waals surface area contributed by atoms with Crippen molar-refractivity contribution in [2.45, 2.75) is 12.5 Å². The largest absolute Gasteiger partial charge is 0.356 e. The number of fused-ring (bicyclic) bond motifs is 2. The average molecular weight is 408 g/mol. The third kappa shape index (κ3) is 2.61. The Morgan fingerprint density at radius 2 is 2.00 bits per heavy atom. The van der Waals surface area contributed by atoms with E-state index in [0.717, 1.165) is 13.1 Å². The molecule has 0 radical (unpaired) electrons. The summed E-state index contributed by atoms with van der Waals surface area (Å²) in [4.78, 5) is 31.8. The topological polar surface area (TPSA) is 108 Å². The molecule has 3 atom stereocenters. The lowest BCUT2D eigenvalue weighted by molar-refractivity contribution is 0.363. The third-order valence-electron chi connectivity index (χ3n) is 6.01. The fourth-order valence-electron chi connectivity index (χ4n) is 4.46. The van der Waals surface area contributed by atoms with E-state index in [0.29, 0.717) is 40.5 Å². The zero-order chi connectivity index (χ0) is 20.4. The Labute approximate surface area is 169 Å². The van der Waals surface area contributed by atoms with Crippen LogP contribution in [0.15, 0.2) is 40.3 Å². The molecule has 30 heavy (non-hydrogen) atoms. The smallest absolute Gasteiger partial charge is 0.280 e. The summed E-state index contributed by atoms with van der Waals surface area (Å²) in [6.07, 6.45) is 4.48. The second-order valence-corrected chi connectivity index (χ2v) is 7.84. The highest BCUT2D eigenvalue weighted by Crippen LogP contribution is 2.57. The lowest BCUT2D eigenvalue weighted by Gasteiger charge is -2.20. The summed E-state index contributed by atoms with van der Waals surface area (Å²) >= 11 is 0. The maximum Gasteiger partial charge on any atom is 0.280 e. The predicted molar refractivity (Wildman–Crippen MR) is 102 cm³/mol. The molecular formula is C19H17FN8O2. The molecule has 0 amide bonds. The van der Waals surface area contributed by atoms with Gasteiger partial charge >= 0.3 is 0 Å².